The highest BCUT2D eigenvalue weighted by Gasteiger charge is 2.24. The summed E-state index contributed by atoms with van der Waals surface area (Å²) in [5.41, 5.74) is 1.08. The van der Waals surface area contributed by atoms with E-state index in [-0.39, 0.29) is 29.4 Å². The number of nitrogens with zero attached hydrogens (tertiary/aromatic N) is 2. The molecule has 3 aromatic rings. The Hall–Kier alpha value is -4.16. The minimum absolute atomic E-state index is 0.167. The Morgan fingerprint density at radius 1 is 0.974 bits per heavy atom. The van der Waals surface area contributed by atoms with Gasteiger partial charge < -0.3 is 24.7 Å². The molecule has 0 saturated carbocycles. The Balaban J connectivity index is 1.44. The van der Waals surface area contributed by atoms with Crippen LogP contribution in [0.3, 0.4) is 0 Å². The SMILES string of the molecule is CS(=O)(=O)N(CC(=O)Nc1ccccc1C(=O)NCc1ccco1)c1ccc(C(=O)N2CCOCC2)cc1. The van der Waals surface area contributed by atoms with Gasteiger partial charge in [0.2, 0.25) is 15.9 Å². The average Bonchev–Trinajstić information content (AvgIpc) is 3.44. The number of para-hydroxylation sites is 1. The van der Waals surface area contributed by atoms with Crippen molar-refractivity contribution < 1.29 is 32.0 Å². The molecule has 0 aliphatic carbocycles. The van der Waals surface area contributed by atoms with Crippen LogP contribution >= 0.6 is 0 Å². The summed E-state index contributed by atoms with van der Waals surface area (Å²) in [6.07, 6.45) is 2.49. The van der Waals surface area contributed by atoms with Crippen molar-refractivity contribution in [1.29, 1.82) is 0 Å². The van der Waals surface area contributed by atoms with Gasteiger partial charge in [-0.1, -0.05) is 12.1 Å². The normalized spacial score (nSPS) is 13.6. The van der Waals surface area contributed by atoms with Crippen molar-refractivity contribution in [3.05, 3.63) is 83.8 Å². The van der Waals surface area contributed by atoms with Crippen LogP contribution in [0.2, 0.25) is 0 Å². The van der Waals surface area contributed by atoms with Gasteiger partial charge in [0, 0.05) is 18.7 Å². The van der Waals surface area contributed by atoms with E-state index in [0.29, 0.717) is 37.6 Å². The monoisotopic (exact) mass is 540 g/mol. The van der Waals surface area contributed by atoms with Crippen molar-refractivity contribution in [2.24, 2.45) is 0 Å². The van der Waals surface area contributed by atoms with E-state index in [2.05, 4.69) is 10.6 Å². The second-order valence-corrected chi connectivity index (χ2v) is 10.5. The van der Waals surface area contributed by atoms with Crippen molar-refractivity contribution in [2.45, 2.75) is 6.54 Å². The molecule has 2 heterocycles. The van der Waals surface area contributed by atoms with Gasteiger partial charge in [0.1, 0.15) is 12.3 Å². The van der Waals surface area contributed by atoms with Crippen molar-refractivity contribution in [3.8, 4) is 0 Å². The van der Waals surface area contributed by atoms with Gasteiger partial charge in [-0.3, -0.25) is 18.7 Å². The maximum absolute atomic E-state index is 12.9. The van der Waals surface area contributed by atoms with E-state index < -0.39 is 28.4 Å². The number of hydrogen-bond acceptors (Lipinski definition) is 7. The van der Waals surface area contributed by atoms with Gasteiger partial charge in [-0.15, -0.1) is 0 Å². The summed E-state index contributed by atoms with van der Waals surface area (Å²) in [5, 5.41) is 5.34. The van der Waals surface area contributed by atoms with E-state index in [4.69, 9.17) is 9.15 Å². The fourth-order valence-corrected chi connectivity index (χ4v) is 4.76. The molecule has 4 rings (SSSR count). The van der Waals surface area contributed by atoms with E-state index in [1.807, 2.05) is 0 Å². The number of furan rings is 1. The number of carbonyl (C=O) groups excluding carboxylic acids is 3. The first-order chi connectivity index (χ1) is 18.2. The molecule has 2 aromatic carbocycles. The largest absolute Gasteiger partial charge is 0.467 e. The molecular formula is C26H28N4O7S. The molecule has 1 fully saturated rings. The molecule has 1 aliphatic rings. The standard InChI is InChI=1S/C26H28N4O7S/c1-38(34,35)30(20-10-8-19(9-11-20)26(33)29-12-15-36-16-13-29)18-24(31)28-23-7-3-2-6-22(23)25(32)27-17-21-5-4-14-37-21/h2-11,14H,12-13,15-18H2,1H3,(H,27,32)(H,28,31). The Bertz CT molecular complexity index is 1380. The molecule has 1 aromatic heterocycles. The molecular weight excluding hydrogens is 512 g/mol. The second kappa shape index (κ2) is 11.9. The summed E-state index contributed by atoms with van der Waals surface area (Å²) in [7, 11) is -3.85. The molecule has 0 unspecified atom stereocenters. The minimum Gasteiger partial charge on any atom is -0.467 e. The third-order valence-electron chi connectivity index (χ3n) is 5.84. The van der Waals surface area contributed by atoms with Crippen molar-refractivity contribution in [1.82, 2.24) is 10.2 Å². The van der Waals surface area contributed by atoms with Gasteiger partial charge in [-0.25, -0.2) is 8.42 Å². The zero-order chi connectivity index (χ0) is 27.1. The number of benzene rings is 2. The fourth-order valence-electron chi connectivity index (χ4n) is 3.91. The van der Waals surface area contributed by atoms with Crippen LogP contribution in [0.4, 0.5) is 11.4 Å². The summed E-state index contributed by atoms with van der Waals surface area (Å²) >= 11 is 0. The molecule has 11 nitrogen and oxygen atoms in total. The highest BCUT2D eigenvalue weighted by atomic mass is 32.2. The first kappa shape index (κ1) is 26.9. The first-order valence-corrected chi connectivity index (χ1v) is 13.7. The first-order valence-electron chi connectivity index (χ1n) is 11.9. The zero-order valence-electron chi connectivity index (χ0n) is 20.8. The highest BCUT2D eigenvalue weighted by molar-refractivity contribution is 7.92. The van der Waals surface area contributed by atoms with Crippen LogP contribution in [0.1, 0.15) is 26.5 Å². The van der Waals surface area contributed by atoms with Gasteiger partial charge in [0.05, 0.1) is 49.2 Å². The lowest BCUT2D eigenvalue weighted by Gasteiger charge is -2.27. The molecule has 0 spiro atoms. The molecule has 12 heteroatoms. The van der Waals surface area contributed by atoms with Crippen LogP contribution in [-0.4, -0.2) is 70.1 Å². The van der Waals surface area contributed by atoms with Crippen LogP contribution in [-0.2, 0) is 26.1 Å². The van der Waals surface area contributed by atoms with E-state index in [9.17, 15) is 22.8 Å². The Labute approximate surface area is 220 Å². The summed E-state index contributed by atoms with van der Waals surface area (Å²) in [6, 6.07) is 15.9. The van der Waals surface area contributed by atoms with Gasteiger partial charge in [0.15, 0.2) is 0 Å². The second-order valence-electron chi connectivity index (χ2n) is 8.58. The summed E-state index contributed by atoms with van der Waals surface area (Å²) in [5.74, 6) is -0.681. The molecule has 2 N–H and O–H groups in total. The van der Waals surface area contributed by atoms with E-state index in [0.717, 1.165) is 10.6 Å². The number of anilines is 2. The number of rotatable bonds is 9. The van der Waals surface area contributed by atoms with E-state index in [1.165, 1.54) is 30.5 Å². The number of hydrogen-bond donors (Lipinski definition) is 2. The average molecular weight is 541 g/mol. The molecule has 0 bridgehead atoms. The van der Waals surface area contributed by atoms with Crippen molar-refractivity contribution in [3.63, 3.8) is 0 Å². The van der Waals surface area contributed by atoms with Crippen LogP contribution in [0.5, 0.6) is 0 Å². The van der Waals surface area contributed by atoms with Crippen LogP contribution in [0, 0.1) is 0 Å². The Kier molecular flexibility index (Phi) is 8.44. The maximum atomic E-state index is 12.9. The van der Waals surface area contributed by atoms with Crippen LogP contribution in [0.25, 0.3) is 0 Å². The van der Waals surface area contributed by atoms with Gasteiger partial charge in [-0.05, 0) is 48.5 Å². The molecule has 0 atom stereocenters. The number of sulfonamides is 1. The molecule has 1 saturated heterocycles. The summed E-state index contributed by atoms with van der Waals surface area (Å²) in [6.45, 7) is 1.54. The smallest absolute Gasteiger partial charge is 0.254 e. The number of nitrogens with one attached hydrogen (secondary N) is 2. The zero-order valence-corrected chi connectivity index (χ0v) is 21.6. The molecule has 38 heavy (non-hydrogen) atoms. The molecule has 0 radical (unpaired) electrons. The number of amides is 3. The van der Waals surface area contributed by atoms with E-state index >= 15 is 0 Å². The molecule has 3 amide bonds. The van der Waals surface area contributed by atoms with E-state index in [1.54, 1.807) is 41.3 Å². The number of carbonyl (C=O) groups is 3. The predicted octanol–water partition coefficient (Wildman–Crippen LogP) is 2.09. The topological polar surface area (TPSA) is 138 Å². The fraction of sp³-hybridized carbons (Fsp3) is 0.269. The maximum Gasteiger partial charge on any atom is 0.254 e. The summed E-state index contributed by atoms with van der Waals surface area (Å²) < 4.78 is 36.5. The lowest BCUT2D eigenvalue weighted by Crippen LogP contribution is -2.40. The minimum atomic E-state index is -3.85. The molecule has 200 valence electrons. The highest BCUT2D eigenvalue weighted by Crippen LogP contribution is 2.21. The molecule has 1 aliphatic heterocycles. The number of morpholine rings is 1. The van der Waals surface area contributed by atoms with Gasteiger partial charge >= 0.3 is 0 Å². The number of ether oxygens (including phenoxy) is 1. The lowest BCUT2D eigenvalue weighted by atomic mass is 10.1. The van der Waals surface area contributed by atoms with Gasteiger partial charge in [0.25, 0.3) is 11.8 Å². The Morgan fingerprint density at radius 2 is 1.68 bits per heavy atom. The Morgan fingerprint density at radius 3 is 2.34 bits per heavy atom. The third-order valence-corrected chi connectivity index (χ3v) is 6.98. The van der Waals surface area contributed by atoms with Crippen molar-refractivity contribution in [2.75, 3.05) is 48.7 Å². The van der Waals surface area contributed by atoms with Crippen LogP contribution in [0.15, 0.2) is 71.3 Å². The quantitative estimate of drug-likeness (QED) is 0.424. The summed E-state index contributed by atoms with van der Waals surface area (Å²) in [4.78, 5) is 40.0. The predicted molar refractivity (Wildman–Crippen MR) is 140 cm³/mol. The van der Waals surface area contributed by atoms with Gasteiger partial charge in [-0.2, -0.15) is 0 Å². The lowest BCUT2D eigenvalue weighted by molar-refractivity contribution is -0.114. The van der Waals surface area contributed by atoms with Crippen LogP contribution < -0.4 is 14.9 Å². The van der Waals surface area contributed by atoms with Crippen molar-refractivity contribution >= 4 is 39.1 Å². The third kappa shape index (κ3) is 6.78.